The van der Waals surface area contributed by atoms with Crippen molar-refractivity contribution >= 4 is 11.2 Å². The van der Waals surface area contributed by atoms with Gasteiger partial charge in [-0.25, -0.2) is 4.98 Å². The molecule has 5 heteroatoms. The summed E-state index contributed by atoms with van der Waals surface area (Å²) in [5.74, 6) is 0.943. The number of hydrogen-bond acceptors (Lipinski definition) is 4. The summed E-state index contributed by atoms with van der Waals surface area (Å²) in [5, 5.41) is 12.5. The highest BCUT2D eigenvalue weighted by atomic mass is 15.2. The van der Waals surface area contributed by atoms with Gasteiger partial charge in [0, 0.05) is 44.5 Å². The van der Waals surface area contributed by atoms with E-state index in [1.165, 1.54) is 5.69 Å². The SMILES string of the molecule is CCc1nc(C#N)c2cc(N3CCNCC3)ccn12. The number of aryl methyl sites for hydroxylation is 1. The molecular formula is C14H17N5. The molecule has 98 valence electrons. The molecule has 0 unspecified atom stereocenters. The zero-order valence-electron chi connectivity index (χ0n) is 11.1. The van der Waals surface area contributed by atoms with Crippen LogP contribution in [0.1, 0.15) is 18.4 Å². The van der Waals surface area contributed by atoms with Gasteiger partial charge in [0.2, 0.25) is 0 Å². The van der Waals surface area contributed by atoms with E-state index >= 15 is 0 Å². The molecule has 3 heterocycles. The van der Waals surface area contributed by atoms with Crippen LogP contribution in [0.2, 0.25) is 0 Å². The van der Waals surface area contributed by atoms with E-state index in [-0.39, 0.29) is 0 Å². The lowest BCUT2D eigenvalue weighted by Gasteiger charge is -2.29. The van der Waals surface area contributed by atoms with Gasteiger partial charge in [0.25, 0.3) is 0 Å². The summed E-state index contributed by atoms with van der Waals surface area (Å²) in [6.07, 6.45) is 2.86. The highest BCUT2D eigenvalue weighted by molar-refractivity contribution is 5.66. The van der Waals surface area contributed by atoms with Crippen LogP contribution in [0, 0.1) is 11.3 Å². The smallest absolute Gasteiger partial charge is 0.166 e. The Balaban J connectivity index is 2.07. The molecular weight excluding hydrogens is 238 g/mol. The van der Waals surface area contributed by atoms with Gasteiger partial charge in [-0.15, -0.1) is 0 Å². The van der Waals surface area contributed by atoms with Crippen molar-refractivity contribution in [3.8, 4) is 6.07 Å². The normalized spacial score (nSPS) is 15.7. The first-order valence-corrected chi connectivity index (χ1v) is 6.70. The Kier molecular flexibility index (Phi) is 3.10. The summed E-state index contributed by atoms with van der Waals surface area (Å²) in [6, 6.07) is 6.38. The van der Waals surface area contributed by atoms with E-state index in [2.05, 4.69) is 40.3 Å². The minimum absolute atomic E-state index is 0.522. The number of nitriles is 1. The van der Waals surface area contributed by atoms with Crippen LogP contribution in [-0.4, -0.2) is 35.6 Å². The third kappa shape index (κ3) is 2.04. The molecule has 1 N–H and O–H groups in total. The predicted octanol–water partition coefficient (Wildman–Crippen LogP) is 1.18. The first kappa shape index (κ1) is 12.0. The highest BCUT2D eigenvalue weighted by Gasteiger charge is 2.14. The Bertz CT molecular complexity index is 631. The summed E-state index contributed by atoms with van der Waals surface area (Å²) >= 11 is 0. The van der Waals surface area contributed by atoms with Gasteiger partial charge in [-0.3, -0.25) is 0 Å². The van der Waals surface area contributed by atoms with Gasteiger partial charge in [0.05, 0.1) is 5.52 Å². The molecule has 2 aromatic rings. The van der Waals surface area contributed by atoms with E-state index in [0.717, 1.165) is 43.9 Å². The molecule has 0 bridgehead atoms. The summed E-state index contributed by atoms with van der Waals surface area (Å²) in [4.78, 5) is 6.73. The van der Waals surface area contributed by atoms with Crippen LogP contribution < -0.4 is 10.2 Å². The molecule has 0 aliphatic carbocycles. The molecule has 3 rings (SSSR count). The number of nitrogens with one attached hydrogen (secondary N) is 1. The minimum atomic E-state index is 0.522. The van der Waals surface area contributed by atoms with Crippen LogP contribution >= 0.6 is 0 Å². The predicted molar refractivity (Wildman–Crippen MR) is 74.4 cm³/mol. The van der Waals surface area contributed by atoms with Gasteiger partial charge >= 0.3 is 0 Å². The summed E-state index contributed by atoms with van der Waals surface area (Å²) in [7, 11) is 0. The molecule has 0 radical (unpaired) electrons. The van der Waals surface area contributed by atoms with Crippen LogP contribution in [0.25, 0.3) is 5.52 Å². The van der Waals surface area contributed by atoms with Gasteiger partial charge in [-0.05, 0) is 12.1 Å². The second kappa shape index (κ2) is 4.90. The van der Waals surface area contributed by atoms with E-state index in [9.17, 15) is 5.26 Å². The largest absolute Gasteiger partial charge is 0.369 e. The monoisotopic (exact) mass is 255 g/mol. The molecule has 0 aromatic carbocycles. The maximum absolute atomic E-state index is 9.20. The zero-order chi connectivity index (χ0) is 13.2. The van der Waals surface area contributed by atoms with Crippen LogP contribution in [0.15, 0.2) is 18.3 Å². The Morgan fingerprint density at radius 1 is 1.42 bits per heavy atom. The van der Waals surface area contributed by atoms with E-state index in [4.69, 9.17) is 0 Å². The molecule has 2 aromatic heterocycles. The van der Waals surface area contributed by atoms with Crippen molar-refractivity contribution in [3.63, 3.8) is 0 Å². The van der Waals surface area contributed by atoms with E-state index in [1.54, 1.807) is 0 Å². The average Bonchev–Trinajstić information content (AvgIpc) is 2.85. The topological polar surface area (TPSA) is 56.4 Å². The Labute approximate surface area is 112 Å². The first-order valence-electron chi connectivity index (χ1n) is 6.70. The summed E-state index contributed by atoms with van der Waals surface area (Å²) in [6.45, 7) is 6.09. The second-order valence-corrected chi connectivity index (χ2v) is 4.72. The second-order valence-electron chi connectivity index (χ2n) is 4.72. The fourth-order valence-electron chi connectivity index (χ4n) is 2.59. The molecule has 19 heavy (non-hydrogen) atoms. The van der Waals surface area contributed by atoms with E-state index in [0.29, 0.717) is 5.69 Å². The van der Waals surface area contributed by atoms with Gasteiger partial charge in [-0.2, -0.15) is 5.26 Å². The fourth-order valence-corrected chi connectivity index (χ4v) is 2.59. The highest BCUT2D eigenvalue weighted by Crippen LogP contribution is 2.21. The molecule has 1 aliphatic rings. The molecule has 5 nitrogen and oxygen atoms in total. The lowest BCUT2D eigenvalue weighted by atomic mass is 10.2. The van der Waals surface area contributed by atoms with Crippen molar-refractivity contribution < 1.29 is 0 Å². The first-order chi connectivity index (χ1) is 9.33. The third-order valence-electron chi connectivity index (χ3n) is 3.60. The molecule has 1 fully saturated rings. The Morgan fingerprint density at radius 3 is 2.89 bits per heavy atom. The summed E-state index contributed by atoms with van der Waals surface area (Å²) < 4.78 is 2.02. The number of rotatable bonds is 2. The number of nitrogens with zero attached hydrogens (tertiary/aromatic N) is 4. The number of piperazine rings is 1. The number of imidazole rings is 1. The number of hydrogen-bond donors (Lipinski definition) is 1. The lowest BCUT2D eigenvalue weighted by Crippen LogP contribution is -2.43. The number of pyridine rings is 1. The number of aromatic nitrogens is 2. The average molecular weight is 255 g/mol. The minimum Gasteiger partial charge on any atom is -0.369 e. The maximum atomic E-state index is 9.20. The molecule has 0 spiro atoms. The number of anilines is 1. The van der Waals surface area contributed by atoms with Gasteiger partial charge in [0.1, 0.15) is 11.9 Å². The quantitative estimate of drug-likeness (QED) is 0.875. The molecule has 1 saturated heterocycles. The van der Waals surface area contributed by atoms with Crippen molar-refractivity contribution in [2.45, 2.75) is 13.3 Å². The van der Waals surface area contributed by atoms with Crippen molar-refractivity contribution in [1.29, 1.82) is 5.26 Å². The van der Waals surface area contributed by atoms with Crippen molar-refractivity contribution in [2.75, 3.05) is 31.1 Å². The summed E-state index contributed by atoms with van der Waals surface area (Å²) in [5.41, 5.74) is 2.61. The molecule has 0 saturated carbocycles. The Morgan fingerprint density at radius 2 is 2.21 bits per heavy atom. The maximum Gasteiger partial charge on any atom is 0.166 e. The number of fused-ring (bicyclic) bond motifs is 1. The van der Waals surface area contributed by atoms with Gasteiger partial charge < -0.3 is 14.6 Å². The van der Waals surface area contributed by atoms with Crippen molar-refractivity contribution in [2.24, 2.45) is 0 Å². The van der Waals surface area contributed by atoms with E-state index in [1.807, 2.05) is 10.6 Å². The lowest BCUT2D eigenvalue weighted by molar-refractivity contribution is 0.589. The molecule has 1 aliphatic heterocycles. The van der Waals surface area contributed by atoms with Gasteiger partial charge in [0.15, 0.2) is 5.69 Å². The third-order valence-corrected chi connectivity index (χ3v) is 3.60. The van der Waals surface area contributed by atoms with Crippen LogP contribution in [0.4, 0.5) is 5.69 Å². The Hall–Kier alpha value is -2.06. The van der Waals surface area contributed by atoms with Crippen molar-refractivity contribution in [1.82, 2.24) is 14.7 Å². The fraction of sp³-hybridized carbons (Fsp3) is 0.429. The zero-order valence-corrected chi connectivity index (χ0v) is 11.1. The van der Waals surface area contributed by atoms with Crippen LogP contribution in [-0.2, 0) is 6.42 Å². The molecule has 0 atom stereocenters. The standard InChI is InChI=1S/C14H17N5/c1-2-14-17-12(10-15)13-9-11(3-6-19(13)14)18-7-4-16-5-8-18/h3,6,9,16H,2,4-5,7-8H2,1H3. The van der Waals surface area contributed by atoms with E-state index < -0.39 is 0 Å². The van der Waals surface area contributed by atoms with Crippen molar-refractivity contribution in [3.05, 3.63) is 29.8 Å². The van der Waals surface area contributed by atoms with Gasteiger partial charge in [-0.1, -0.05) is 6.92 Å². The van der Waals surface area contributed by atoms with Crippen LogP contribution in [0.5, 0.6) is 0 Å². The molecule has 0 amide bonds. The van der Waals surface area contributed by atoms with Crippen LogP contribution in [0.3, 0.4) is 0 Å².